The molecule has 1 fully saturated rings. The van der Waals surface area contributed by atoms with Gasteiger partial charge in [0.25, 0.3) is 0 Å². The van der Waals surface area contributed by atoms with Gasteiger partial charge in [0.1, 0.15) is 0 Å². The molecule has 8 heteroatoms. The largest absolute Gasteiger partial charge is 0.396 e. The van der Waals surface area contributed by atoms with E-state index in [0.717, 1.165) is 51.4 Å². The highest BCUT2D eigenvalue weighted by molar-refractivity contribution is 14.0. The van der Waals surface area contributed by atoms with Crippen LogP contribution >= 0.6 is 24.0 Å². The third kappa shape index (κ3) is 10.9. The first-order chi connectivity index (χ1) is 11.6. The number of halogens is 1. The summed E-state index contributed by atoms with van der Waals surface area (Å²) in [6.45, 7) is 10.8. The summed E-state index contributed by atoms with van der Waals surface area (Å²) in [5.41, 5.74) is 0. The quantitative estimate of drug-likeness (QED) is 0.228. The fourth-order valence-electron chi connectivity index (χ4n) is 2.58. The van der Waals surface area contributed by atoms with Crippen molar-refractivity contribution in [1.29, 1.82) is 0 Å². The van der Waals surface area contributed by atoms with Crippen LogP contribution in [-0.2, 0) is 4.79 Å². The van der Waals surface area contributed by atoms with Crippen molar-refractivity contribution in [1.82, 2.24) is 20.9 Å². The standard InChI is InChI=1S/C17H35N5O2.HI/c1-4-8-19-16(24)12-22-9-6-15(7-10-22)21-17(18-5-2)20-11-14(3)13-23;/h14-15,23H,4-13H2,1-3H3,(H,19,24)(H2,18,20,21);1H. The van der Waals surface area contributed by atoms with Crippen LogP contribution in [-0.4, -0.2) is 73.8 Å². The molecular weight excluding hydrogens is 433 g/mol. The molecule has 0 bridgehead atoms. The maximum atomic E-state index is 11.8. The first-order valence-electron chi connectivity index (χ1n) is 9.23. The molecule has 0 aromatic heterocycles. The minimum Gasteiger partial charge on any atom is -0.396 e. The van der Waals surface area contributed by atoms with Gasteiger partial charge in [-0.3, -0.25) is 14.7 Å². The molecule has 0 radical (unpaired) electrons. The van der Waals surface area contributed by atoms with Gasteiger partial charge in [-0.1, -0.05) is 13.8 Å². The number of nitrogens with one attached hydrogen (secondary N) is 3. The SMILES string of the molecule is CCCNC(=O)CN1CCC(NC(=NCC(C)CO)NCC)CC1.I. The number of nitrogens with zero attached hydrogens (tertiary/aromatic N) is 2. The number of aliphatic hydroxyl groups is 1. The van der Waals surface area contributed by atoms with Crippen molar-refractivity contribution in [2.75, 3.05) is 45.9 Å². The number of carbonyl (C=O) groups excluding carboxylic acids is 1. The molecule has 1 aliphatic heterocycles. The average Bonchev–Trinajstić information content (AvgIpc) is 2.59. The molecule has 25 heavy (non-hydrogen) atoms. The van der Waals surface area contributed by atoms with Crippen molar-refractivity contribution >= 4 is 35.8 Å². The van der Waals surface area contributed by atoms with E-state index in [1.807, 2.05) is 13.8 Å². The van der Waals surface area contributed by atoms with Crippen LogP contribution in [0.1, 0.15) is 40.0 Å². The number of carbonyl (C=O) groups is 1. The average molecular weight is 469 g/mol. The molecule has 4 N–H and O–H groups in total. The zero-order valence-corrected chi connectivity index (χ0v) is 18.2. The van der Waals surface area contributed by atoms with Crippen molar-refractivity contribution in [2.45, 2.75) is 46.1 Å². The Balaban J connectivity index is 0.00000576. The lowest BCUT2D eigenvalue weighted by atomic mass is 10.1. The van der Waals surface area contributed by atoms with Crippen LogP contribution in [0.25, 0.3) is 0 Å². The summed E-state index contributed by atoms with van der Waals surface area (Å²) in [7, 11) is 0. The normalized spacial score (nSPS) is 17.5. The molecule has 1 unspecified atom stereocenters. The van der Waals surface area contributed by atoms with Crippen LogP contribution in [0, 0.1) is 5.92 Å². The summed E-state index contributed by atoms with van der Waals surface area (Å²) in [4.78, 5) is 18.5. The number of hydrogen-bond donors (Lipinski definition) is 4. The Hall–Kier alpha value is -0.610. The van der Waals surface area contributed by atoms with Gasteiger partial charge in [0, 0.05) is 45.4 Å². The summed E-state index contributed by atoms with van der Waals surface area (Å²) in [5.74, 6) is 1.11. The number of aliphatic hydroxyl groups excluding tert-OH is 1. The molecule has 0 saturated carbocycles. The number of piperidine rings is 1. The van der Waals surface area contributed by atoms with E-state index in [-0.39, 0.29) is 42.4 Å². The summed E-state index contributed by atoms with van der Waals surface area (Å²) in [5, 5.41) is 18.8. The van der Waals surface area contributed by atoms with Crippen LogP contribution in [0.4, 0.5) is 0 Å². The third-order valence-corrected chi connectivity index (χ3v) is 4.08. The predicted octanol–water partition coefficient (Wildman–Crippen LogP) is 0.779. The first kappa shape index (κ1) is 24.4. The number of aliphatic imine (C=N–C) groups is 1. The fraction of sp³-hybridized carbons (Fsp3) is 0.882. The lowest BCUT2D eigenvalue weighted by molar-refractivity contribution is -0.122. The van der Waals surface area contributed by atoms with E-state index in [9.17, 15) is 4.79 Å². The highest BCUT2D eigenvalue weighted by Gasteiger charge is 2.21. The first-order valence-corrected chi connectivity index (χ1v) is 9.23. The summed E-state index contributed by atoms with van der Waals surface area (Å²) < 4.78 is 0. The molecule has 0 aromatic rings. The Labute approximate surface area is 169 Å². The molecule has 0 aliphatic carbocycles. The Morgan fingerprint density at radius 3 is 2.52 bits per heavy atom. The molecule has 1 amide bonds. The summed E-state index contributed by atoms with van der Waals surface area (Å²) in [6, 6.07) is 0.377. The van der Waals surface area contributed by atoms with E-state index in [1.54, 1.807) is 0 Å². The zero-order chi connectivity index (χ0) is 17.8. The van der Waals surface area contributed by atoms with Gasteiger partial charge in [-0.25, -0.2) is 0 Å². The van der Waals surface area contributed by atoms with E-state index < -0.39 is 0 Å². The number of amides is 1. The monoisotopic (exact) mass is 469 g/mol. The topological polar surface area (TPSA) is 89.0 Å². The second-order valence-electron chi connectivity index (χ2n) is 6.55. The molecule has 1 aliphatic rings. The smallest absolute Gasteiger partial charge is 0.234 e. The van der Waals surface area contributed by atoms with Gasteiger partial charge in [0.05, 0.1) is 6.54 Å². The molecular formula is C17H36IN5O2. The number of hydrogen-bond acceptors (Lipinski definition) is 4. The minimum atomic E-state index is 0. The number of guanidine groups is 1. The van der Waals surface area contributed by atoms with Crippen molar-refractivity contribution in [3.8, 4) is 0 Å². The van der Waals surface area contributed by atoms with Gasteiger partial charge < -0.3 is 21.1 Å². The van der Waals surface area contributed by atoms with E-state index in [2.05, 4.69) is 32.8 Å². The molecule has 1 saturated heterocycles. The second-order valence-corrected chi connectivity index (χ2v) is 6.55. The van der Waals surface area contributed by atoms with Gasteiger partial charge in [-0.2, -0.15) is 0 Å². The van der Waals surface area contributed by atoms with Crippen LogP contribution in [0.2, 0.25) is 0 Å². The van der Waals surface area contributed by atoms with Gasteiger partial charge in [0.15, 0.2) is 5.96 Å². The lowest BCUT2D eigenvalue weighted by Crippen LogP contribution is -2.50. The molecule has 0 aromatic carbocycles. The zero-order valence-electron chi connectivity index (χ0n) is 15.9. The summed E-state index contributed by atoms with van der Waals surface area (Å²) >= 11 is 0. The van der Waals surface area contributed by atoms with Crippen molar-refractivity contribution in [3.63, 3.8) is 0 Å². The van der Waals surface area contributed by atoms with Crippen molar-refractivity contribution in [3.05, 3.63) is 0 Å². The van der Waals surface area contributed by atoms with E-state index in [1.165, 1.54) is 0 Å². The second kappa shape index (κ2) is 14.5. The van der Waals surface area contributed by atoms with Crippen molar-refractivity contribution < 1.29 is 9.90 Å². The van der Waals surface area contributed by atoms with Crippen LogP contribution in [0.5, 0.6) is 0 Å². The van der Waals surface area contributed by atoms with Crippen molar-refractivity contribution in [2.24, 2.45) is 10.9 Å². The van der Waals surface area contributed by atoms with E-state index in [0.29, 0.717) is 19.1 Å². The van der Waals surface area contributed by atoms with Gasteiger partial charge >= 0.3 is 0 Å². The number of likely N-dealkylation sites (tertiary alicyclic amines) is 1. The molecule has 1 atom stereocenters. The Bertz CT molecular complexity index is 387. The van der Waals surface area contributed by atoms with E-state index >= 15 is 0 Å². The van der Waals surface area contributed by atoms with Gasteiger partial charge in [0.2, 0.25) is 5.91 Å². The molecule has 7 nitrogen and oxygen atoms in total. The van der Waals surface area contributed by atoms with Gasteiger partial charge in [-0.15, -0.1) is 24.0 Å². The Kier molecular flexibility index (Phi) is 14.2. The number of rotatable bonds is 9. The summed E-state index contributed by atoms with van der Waals surface area (Å²) in [6.07, 6.45) is 2.97. The molecule has 148 valence electrons. The van der Waals surface area contributed by atoms with Crippen LogP contribution < -0.4 is 16.0 Å². The molecule has 0 spiro atoms. The third-order valence-electron chi connectivity index (χ3n) is 4.08. The maximum Gasteiger partial charge on any atom is 0.234 e. The van der Waals surface area contributed by atoms with Gasteiger partial charge in [-0.05, 0) is 32.1 Å². The fourth-order valence-corrected chi connectivity index (χ4v) is 2.58. The lowest BCUT2D eigenvalue weighted by Gasteiger charge is -2.32. The molecule has 1 heterocycles. The van der Waals surface area contributed by atoms with Crippen LogP contribution in [0.3, 0.4) is 0 Å². The van der Waals surface area contributed by atoms with E-state index in [4.69, 9.17) is 5.11 Å². The van der Waals surface area contributed by atoms with Crippen LogP contribution in [0.15, 0.2) is 4.99 Å². The predicted molar refractivity (Wildman–Crippen MR) is 114 cm³/mol. The highest BCUT2D eigenvalue weighted by Crippen LogP contribution is 2.10. The maximum absolute atomic E-state index is 11.8. The Morgan fingerprint density at radius 1 is 1.28 bits per heavy atom. The molecule has 1 rings (SSSR count). The highest BCUT2D eigenvalue weighted by atomic mass is 127. The minimum absolute atomic E-state index is 0. The Morgan fingerprint density at radius 2 is 1.96 bits per heavy atom.